The van der Waals surface area contributed by atoms with E-state index < -0.39 is 5.78 Å². The minimum atomic E-state index is -0.451. The van der Waals surface area contributed by atoms with Crippen LogP contribution in [0.4, 0.5) is 0 Å². The van der Waals surface area contributed by atoms with E-state index in [-0.39, 0.29) is 5.78 Å². The number of methoxy groups -OCH3 is 1. The van der Waals surface area contributed by atoms with Crippen LogP contribution in [0.2, 0.25) is 0 Å². The Morgan fingerprint density at radius 3 is 1.20 bits per heavy atom. The molecule has 3 nitrogen and oxygen atoms in total. The zero-order valence-corrected chi connectivity index (χ0v) is 23.4. The van der Waals surface area contributed by atoms with Gasteiger partial charge in [0, 0.05) is 11.6 Å². The van der Waals surface area contributed by atoms with Crippen LogP contribution in [0, 0.1) is 0 Å². The van der Waals surface area contributed by atoms with Crippen molar-refractivity contribution in [3.05, 3.63) is 23.5 Å². The van der Waals surface area contributed by atoms with Gasteiger partial charge in [-0.25, -0.2) is 0 Å². The van der Waals surface area contributed by atoms with Crippen LogP contribution in [0.1, 0.15) is 161 Å². The molecule has 1 rings (SSSR count). The van der Waals surface area contributed by atoms with E-state index in [1.807, 2.05) is 0 Å². The van der Waals surface area contributed by atoms with Crippen LogP contribution in [0.25, 0.3) is 0 Å². The van der Waals surface area contributed by atoms with Crippen LogP contribution in [0.3, 0.4) is 0 Å². The van der Waals surface area contributed by atoms with E-state index in [1.165, 1.54) is 148 Å². The molecule has 0 atom stereocenters. The number of hydrogen-bond acceptors (Lipinski definition) is 3. The second-order valence-corrected chi connectivity index (χ2v) is 10.6. The van der Waals surface area contributed by atoms with Crippen LogP contribution >= 0.6 is 0 Å². The molecule has 0 spiro atoms. The summed E-state index contributed by atoms with van der Waals surface area (Å²) in [6.45, 7) is 2.29. The van der Waals surface area contributed by atoms with Crippen molar-refractivity contribution < 1.29 is 14.3 Å². The van der Waals surface area contributed by atoms with Gasteiger partial charge >= 0.3 is 0 Å². The Balaban J connectivity index is 1.76. The molecule has 0 heterocycles. The maximum Gasteiger partial charge on any atom is 0.229 e. The molecule has 0 unspecified atom stereocenters. The van der Waals surface area contributed by atoms with E-state index in [9.17, 15) is 9.59 Å². The van der Waals surface area contributed by atoms with Crippen molar-refractivity contribution in [1.29, 1.82) is 0 Å². The molecule has 1 aliphatic carbocycles. The molecule has 0 amide bonds. The maximum atomic E-state index is 11.9. The van der Waals surface area contributed by atoms with E-state index in [4.69, 9.17) is 4.74 Å². The number of ketones is 2. The van der Waals surface area contributed by atoms with Crippen molar-refractivity contribution in [3.63, 3.8) is 0 Å². The summed E-state index contributed by atoms with van der Waals surface area (Å²) in [6.07, 6.45) is 35.4. The Bertz CT molecular complexity index is 602. The molecule has 0 radical (unpaired) electrons. The monoisotopic (exact) mass is 488 g/mol. The van der Waals surface area contributed by atoms with E-state index in [0.717, 1.165) is 12.8 Å². The van der Waals surface area contributed by atoms with Crippen molar-refractivity contribution in [2.45, 2.75) is 161 Å². The smallest absolute Gasteiger partial charge is 0.229 e. The lowest BCUT2D eigenvalue weighted by molar-refractivity contribution is -0.131. The van der Waals surface area contributed by atoms with E-state index in [2.05, 4.69) is 6.92 Å². The third-order valence-corrected chi connectivity index (χ3v) is 7.39. The molecular weight excluding hydrogens is 432 g/mol. The average molecular weight is 489 g/mol. The van der Waals surface area contributed by atoms with E-state index >= 15 is 0 Å². The molecule has 0 aromatic carbocycles. The highest BCUT2D eigenvalue weighted by Crippen LogP contribution is 2.20. The summed E-state index contributed by atoms with van der Waals surface area (Å²) in [6, 6.07) is 0. The minimum absolute atomic E-state index is 0.357. The summed E-state index contributed by atoms with van der Waals surface area (Å²) < 4.78 is 5.11. The summed E-state index contributed by atoms with van der Waals surface area (Å²) in [5.41, 5.74) is 0.609. The average Bonchev–Trinajstić information content (AvgIpc) is 2.86. The zero-order valence-electron chi connectivity index (χ0n) is 23.4. The highest BCUT2D eigenvalue weighted by Gasteiger charge is 2.22. The minimum Gasteiger partial charge on any atom is -0.497 e. The van der Waals surface area contributed by atoms with Crippen molar-refractivity contribution in [1.82, 2.24) is 0 Å². The van der Waals surface area contributed by atoms with Gasteiger partial charge in [-0.3, -0.25) is 9.59 Å². The summed E-state index contributed by atoms with van der Waals surface area (Å²) in [5, 5.41) is 0. The molecule has 202 valence electrons. The van der Waals surface area contributed by atoms with Crippen molar-refractivity contribution >= 4 is 11.6 Å². The molecule has 0 N–H and O–H groups in total. The van der Waals surface area contributed by atoms with Gasteiger partial charge in [-0.05, 0) is 18.9 Å². The lowest BCUT2D eigenvalue weighted by Crippen LogP contribution is -2.18. The van der Waals surface area contributed by atoms with Gasteiger partial charge in [-0.15, -0.1) is 0 Å². The fourth-order valence-electron chi connectivity index (χ4n) is 5.04. The van der Waals surface area contributed by atoms with Gasteiger partial charge in [0.1, 0.15) is 5.76 Å². The number of allylic oxidation sites excluding steroid dienone is 3. The van der Waals surface area contributed by atoms with Crippen LogP contribution in [0.5, 0.6) is 0 Å². The molecule has 0 aromatic heterocycles. The zero-order chi connectivity index (χ0) is 25.4. The SMILES string of the molecule is CCCCCCCCCCCCCCCCCCCCCCCCCC1=CC(OC)=CC(=O)C1=O. The maximum absolute atomic E-state index is 11.9. The Morgan fingerprint density at radius 1 is 0.514 bits per heavy atom. The first kappa shape index (κ1) is 31.6. The largest absolute Gasteiger partial charge is 0.497 e. The number of Topliss-reactive ketones (excluding diaryl/α,β-unsaturated/α-hetero) is 1. The Labute approximate surface area is 217 Å². The predicted molar refractivity (Wildman–Crippen MR) is 150 cm³/mol. The molecule has 0 bridgehead atoms. The summed E-state index contributed by atoms with van der Waals surface area (Å²) >= 11 is 0. The van der Waals surface area contributed by atoms with Crippen LogP contribution in [-0.4, -0.2) is 18.7 Å². The topological polar surface area (TPSA) is 43.4 Å². The second kappa shape index (κ2) is 23.0. The fourth-order valence-corrected chi connectivity index (χ4v) is 5.04. The summed E-state index contributed by atoms with van der Waals surface area (Å²) in [7, 11) is 1.53. The molecule has 0 aliphatic heterocycles. The van der Waals surface area contributed by atoms with Gasteiger partial charge < -0.3 is 4.74 Å². The van der Waals surface area contributed by atoms with Gasteiger partial charge in [0.15, 0.2) is 0 Å². The first-order valence-corrected chi connectivity index (χ1v) is 15.2. The molecule has 0 saturated carbocycles. The molecule has 1 aliphatic rings. The summed E-state index contributed by atoms with van der Waals surface area (Å²) in [4.78, 5) is 23.6. The number of unbranched alkanes of at least 4 members (excludes halogenated alkanes) is 22. The lowest BCUT2D eigenvalue weighted by atomic mass is 9.95. The number of carbonyl (C=O) groups excluding carboxylic acids is 2. The summed E-state index contributed by atoms with van der Waals surface area (Å²) in [5.74, 6) is -0.309. The predicted octanol–water partition coefficient (Wildman–Crippen LogP) is 9.98. The third-order valence-electron chi connectivity index (χ3n) is 7.39. The van der Waals surface area contributed by atoms with Crippen molar-refractivity contribution in [2.24, 2.45) is 0 Å². The second-order valence-electron chi connectivity index (χ2n) is 10.6. The number of ether oxygens (including phenoxy) is 1. The Hall–Kier alpha value is -1.38. The van der Waals surface area contributed by atoms with Crippen molar-refractivity contribution in [2.75, 3.05) is 7.11 Å². The van der Waals surface area contributed by atoms with Gasteiger partial charge in [-0.1, -0.05) is 148 Å². The van der Waals surface area contributed by atoms with Gasteiger partial charge in [0.05, 0.1) is 7.11 Å². The lowest BCUT2D eigenvalue weighted by Gasteiger charge is -2.11. The number of rotatable bonds is 25. The quantitative estimate of drug-likeness (QED) is 0.0729. The Morgan fingerprint density at radius 2 is 0.857 bits per heavy atom. The molecule has 0 fully saturated rings. The van der Waals surface area contributed by atoms with E-state index in [0.29, 0.717) is 17.8 Å². The third kappa shape index (κ3) is 17.7. The normalized spacial score (nSPS) is 13.8. The van der Waals surface area contributed by atoms with Crippen LogP contribution in [0.15, 0.2) is 23.5 Å². The molecule has 0 aromatic rings. The number of carbonyl (C=O) groups is 2. The molecular formula is C32H56O3. The van der Waals surface area contributed by atoms with Gasteiger partial charge in [0.25, 0.3) is 0 Å². The highest BCUT2D eigenvalue weighted by molar-refractivity contribution is 6.48. The van der Waals surface area contributed by atoms with Crippen molar-refractivity contribution in [3.8, 4) is 0 Å². The first-order valence-electron chi connectivity index (χ1n) is 15.2. The van der Waals surface area contributed by atoms with Gasteiger partial charge in [0.2, 0.25) is 11.6 Å². The van der Waals surface area contributed by atoms with Gasteiger partial charge in [-0.2, -0.15) is 0 Å². The first-order chi connectivity index (χ1) is 17.2. The standard InChI is InChI=1S/C32H56O3/c1-3-4-5-6-7-8-9-10-11-12-13-14-15-16-17-18-19-20-21-22-23-24-25-26-29-27-30(35-2)28-31(33)32(29)34/h27-28H,3-26H2,1-2H3. The number of hydrogen-bond donors (Lipinski definition) is 0. The fraction of sp³-hybridized carbons (Fsp3) is 0.812. The molecule has 35 heavy (non-hydrogen) atoms. The Kier molecular flexibility index (Phi) is 20.8. The highest BCUT2D eigenvalue weighted by atomic mass is 16.5. The molecule has 0 saturated heterocycles. The molecule has 3 heteroatoms. The van der Waals surface area contributed by atoms with Crippen LogP contribution < -0.4 is 0 Å². The van der Waals surface area contributed by atoms with Crippen LogP contribution in [-0.2, 0) is 14.3 Å². The van der Waals surface area contributed by atoms with E-state index in [1.54, 1.807) is 6.08 Å².